The first-order valence-corrected chi connectivity index (χ1v) is 6.52. The van der Waals surface area contributed by atoms with Crippen LogP contribution in [-0.4, -0.2) is 4.98 Å². The van der Waals surface area contributed by atoms with Gasteiger partial charge in [-0.2, -0.15) is 0 Å². The van der Waals surface area contributed by atoms with Gasteiger partial charge in [-0.15, -0.1) is 0 Å². The minimum atomic E-state index is 0.484. The van der Waals surface area contributed by atoms with Crippen molar-refractivity contribution in [3.63, 3.8) is 0 Å². The smallest absolute Gasteiger partial charge is 0.0306 e. The molecule has 1 aromatic rings. The molecule has 0 saturated heterocycles. The largest absolute Gasteiger partial charge is 0.264 e. The van der Waals surface area contributed by atoms with E-state index in [1.807, 2.05) is 18.5 Å². The highest BCUT2D eigenvalue weighted by Crippen LogP contribution is 2.34. The van der Waals surface area contributed by atoms with E-state index in [0.717, 1.165) is 0 Å². The molecule has 0 aromatic carbocycles. The molecule has 1 aliphatic carbocycles. The Morgan fingerprint density at radius 2 is 2.24 bits per heavy atom. The monoisotopic (exact) mass is 227 g/mol. The maximum atomic E-state index is 4.23. The third-order valence-corrected chi connectivity index (χ3v) is 3.78. The first-order valence-electron chi connectivity index (χ1n) is 6.52. The Bertz CT molecular complexity index is 416. The van der Waals surface area contributed by atoms with E-state index in [4.69, 9.17) is 0 Å². The van der Waals surface area contributed by atoms with Crippen LogP contribution in [0.1, 0.15) is 38.7 Å². The number of aromatic nitrogens is 1. The van der Waals surface area contributed by atoms with Gasteiger partial charge in [-0.25, -0.2) is 0 Å². The average molecular weight is 227 g/mol. The molecule has 2 rings (SSSR count). The summed E-state index contributed by atoms with van der Waals surface area (Å²) in [7, 11) is 0. The van der Waals surface area contributed by atoms with E-state index in [1.54, 1.807) is 0 Å². The molecule has 0 N–H and O–H groups in total. The summed E-state index contributed by atoms with van der Waals surface area (Å²) in [4.78, 5) is 4.23. The molecular formula is C16H21N. The van der Waals surface area contributed by atoms with Crippen LogP contribution in [0.15, 0.2) is 48.3 Å². The summed E-state index contributed by atoms with van der Waals surface area (Å²) in [6.45, 7) is 6.82. The molecular weight excluding hydrogens is 206 g/mol. The van der Waals surface area contributed by atoms with Crippen molar-refractivity contribution >= 4 is 0 Å². The van der Waals surface area contributed by atoms with Crippen LogP contribution in [0.4, 0.5) is 0 Å². The van der Waals surface area contributed by atoms with Gasteiger partial charge in [0.25, 0.3) is 0 Å². The van der Waals surface area contributed by atoms with Crippen LogP contribution in [0.5, 0.6) is 0 Å². The van der Waals surface area contributed by atoms with Gasteiger partial charge < -0.3 is 0 Å². The van der Waals surface area contributed by atoms with Crippen LogP contribution in [0.25, 0.3) is 0 Å². The molecule has 17 heavy (non-hydrogen) atoms. The zero-order valence-electron chi connectivity index (χ0n) is 10.9. The van der Waals surface area contributed by atoms with Crippen LogP contribution in [0.2, 0.25) is 0 Å². The quantitative estimate of drug-likeness (QED) is 0.748. The lowest BCUT2D eigenvalue weighted by molar-refractivity contribution is 0.596. The van der Waals surface area contributed by atoms with E-state index in [-0.39, 0.29) is 0 Å². The minimum Gasteiger partial charge on any atom is -0.264 e. The Kier molecular flexibility index (Phi) is 3.78. The number of hydrogen-bond acceptors (Lipinski definition) is 1. The molecule has 1 heterocycles. The molecule has 1 aliphatic rings. The maximum absolute atomic E-state index is 4.23. The molecule has 0 fully saturated rings. The van der Waals surface area contributed by atoms with Crippen LogP contribution in [-0.2, 0) is 0 Å². The van der Waals surface area contributed by atoms with Gasteiger partial charge in [-0.3, -0.25) is 4.98 Å². The van der Waals surface area contributed by atoms with E-state index in [0.29, 0.717) is 17.8 Å². The van der Waals surface area contributed by atoms with E-state index in [9.17, 15) is 0 Å². The minimum absolute atomic E-state index is 0.484. The van der Waals surface area contributed by atoms with Gasteiger partial charge >= 0.3 is 0 Å². The molecule has 0 radical (unpaired) electrons. The molecule has 3 unspecified atom stereocenters. The van der Waals surface area contributed by atoms with E-state index >= 15 is 0 Å². The number of rotatable bonds is 3. The predicted molar refractivity (Wildman–Crippen MR) is 72.8 cm³/mol. The van der Waals surface area contributed by atoms with Crippen LogP contribution >= 0.6 is 0 Å². The molecule has 0 saturated carbocycles. The second-order valence-electron chi connectivity index (χ2n) is 5.01. The second kappa shape index (κ2) is 5.31. The molecule has 1 nitrogen and oxygen atoms in total. The van der Waals surface area contributed by atoms with Gasteiger partial charge in [0.15, 0.2) is 0 Å². The fourth-order valence-corrected chi connectivity index (χ4v) is 2.33. The molecule has 3 atom stereocenters. The third kappa shape index (κ3) is 2.66. The van der Waals surface area contributed by atoms with Crippen LogP contribution in [0, 0.1) is 11.8 Å². The lowest BCUT2D eigenvalue weighted by Gasteiger charge is -2.25. The summed E-state index contributed by atoms with van der Waals surface area (Å²) in [5, 5.41) is 0. The molecule has 0 bridgehead atoms. The fourth-order valence-electron chi connectivity index (χ4n) is 2.33. The number of allylic oxidation sites excluding steroid dienone is 4. The Morgan fingerprint density at radius 1 is 1.41 bits per heavy atom. The van der Waals surface area contributed by atoms with Crippen molar-refractivity contribution in [2.24, 2.45) is 11.8 Å². The van der Waals surface area contributed by atoms with Gasteiger partial charge in [0.2, 0.25) is 0 Å². The van der Waals surface area contributed by atoms with Gasteiger partial charge in [0.1, 0.15) is 0 Å². The zero-order chi connectivity index (χ0) is 12.3. The molecule has 1 aromatic heterocycles. The van der Waals surface area contributed by atoms with E-state index in [1.165, 1.54) is 17.6 Å². The summed E-state index contributed by atoms with van der Waals surface area (Å²) in [6.07, 6.45) is 12.1. The standard InChI is InChI=1S/C16H21N/c1-4-12(2)14-8-7-13(3)16(10-14)15-6-5-9-17-11-15/h5-13,16H,4H2,1-3H3. The zero-order valence-corrected chi connectivity index (χ0v) is 10.9. The number of nitrogens with zero attached hydrogens (tertiary/aromatic N) is 1. The third-order valence-electron chi connectivity index (χ3n) is 3.78. The highest BCUT2D eigenvalue weighted by Gasteiger charge is 2.20. The van der Waals surface area contributed by atoms with Gasteiger partial charge in [0, 0.05) is 18.3 Å². The van der Waals surface area contributed by atoms with Crippen LogP contribution < -0.4 is 0 Å². The summed E-state index contributed by atoms with van der Waals surface area (Å²) in [6, 6.07) is 4.20. The predicted octanol–water partition coefficient (Wildman–Crippen LogP) is 4.34. The lowest BCUT2D eigenvalue weighted by Crippen LogP contribution is -2.12. The normalized spacial score (nSPS) is 25.5. The topological polar surface area (TPSA) is 12.9 Å². The number of pyridine rings is 1. The van der Waals surface area contributed by atoms with Crippen molar-refractivity contribution < 1.29 is 0 Å². The van der Waals surface area contributed by atoms with Gasteiger partial charge in [0.05, 0.1) is 0 Å². The molecule has 0 aliphatic heterocycles. The lowest BCUT2D eigenvalue weighted by atomic mass is 9.80. The first-order chi connectivity index (χ1) is 8.22. The average Bonchev–Trinajstić information content (AvgIpc) is 2.39. The summed E-state index contributed by atoms with van der Waals surface area (Å²) < 4.78 is 0. The van der Waals surface area contributed by atoms with Gasteiger partial charge in [-0.1, -0.05) is 45.1 Å². The van der Waals surface area contributed by atoms with Crippen molar-refractivity contribution in [3.8, 4) is 0 Å². The molecule has 90 valence electrons. The van der Waals surface area contributed by atoms with Crippen molar-refractivity contribution in [3.05, 3.63) is 53.9 Å². The highest BCUT2D eigenvalue weighted by molar-refractivity contribution is 5.34. The first kappa shape index (κ1) is 12.1. The fraction of sp³-hybridized carbons (Fsp3) is 0.438. The Balaban J connectivity index is 2.28. The highest BCUT2D eigenvalue weighted by atomic mass is 14.6. The summed E-state index contributed by atoms with van der Waals surface area (Å²) in [5.74, 6) is 1.70. The van der Waals surface area contributed by atoms with Gasteiger partial charge in [-0.05, 0) is 35.5 Å². The van der Waals surface area contributed by atoms with Crippen molar-refractivity contribution in [1.82, 2.24) is 4.98 Å². The summed E-state index contributed by atoms with van der Waals surface area (Å²) >= 11 is 0. The van der Waals surface area contributed by atoms with E-state index in [2.05, 4.69) is 50.0 Å². The van der Waals surface area contributed by atoms with Crippen molar-refractivity contribution in [2.75, 3.05) is 0 Å². The Morgan fingerprint density at radius 3 is 2.88 bits per heavy atom. The van der Waals surface area contributed by atoms with Crippen molar-refractivity contribution in [2.45, 2.75) is 33.1 Å². The molecule has 0 spiro atoms. The Hall–Kier alpha value is -1.37. The Labute approximate surface area is 104 Å². The maximum Gasteiger partial charge on any atom is 0.0306 e. The number of hydrogen-bond donors (Lipinski definition) is 0. The van der Waals surface area contributed by atoms with E-state index < -0.39 is 0 Å². The second-order valence-corrected chi connectivity index (χ2v) is 5.01. The van der Waals surface area contributed by atoms with Crippen LogP contribution in [0.3, 0.4) is 0 Å². The van der Waals surface area contributed by atoms with Crippen molar-refractivity contribution in [1.29, 1.82) is 0 Å². The molecule has 1 heteroatoms. The summed E-state index contributed by atoms with van der Waals surface area (Å²) in [5.41, 5.74) is 2.80. The SMILES string of the molecule is CCC(C)C1=CC(c2cccnc2)C(C)C=C1. The molecule has 0 amide bonds.